The lowest BCUT2D eigenvalue weighted by molar-refractivity contribution is 0.0995. The summed E-state index contributed by atoms with van der Waals surface area (Å²) in [5, 5.41) is 0.661. The number of carbonyl (C=O) groups is 1. The highest BCUT2D eigenvalue weighted by Crippen LogP contribution is 2.31. The van der Waals surface area contributed by atoms with Gasteiger partial charge in [0.2, 0.25) is 0 Å². The van der Waals surface area contributed by atoms with Crippen molar-refractivity contribution in [3.63, 3.8) is 0 Å². The van der Waals surface area contributed by atoms with Crippen LogP contribution in [0.25, 0.3) is 11.0 Å². The molecule has 0 radical (unpaired) electrons. The van der Waals surface area contributed by atoms with E-state index in [1.807, 2.05) is 12.1 Å². The quantitative estimate of drug-likeness (QED) is 0.797. The SMILES string of the molecule is C=CCOc1oc2ccccc2c1C(N)=O. The minimum atomic E-state index is -0.566. The minimum absolute atomic E-state index is 0.147. The Balaban J connectivity index is 2.58. The molecule has 0 aliphatic rings. The van der Waals surface area contributed by atoms with E-state index in [-0.39, 0.29) is 18.1 Å². The first-order valence-electron chi connectivity index (χ1n) is 4.79. The van der Waals surface area contributed by atoms with Gasteiger partial charge in [0.05, 0.1) is 0 Å². The molecule has 0 unspecified atom stereocenters. The first kappa shape index (κ1) is 10.3. The van der Waals surface area contributed by atoms with Gasteiger partial charge < -0.3 is 14.9 Å². The Morgan fingerprint density at radius 2 is 2.25 bits per heavy atom. The predicted molar refractivity (Wildman–Crippen MR) is 60.4 cm³/mol. The zero-order valence-corrected chi connectivity index (χ0v) is 8.60. The molecule has 0 bridgehead atoms. The zero-order valence-electron chi connectivity index (χ0n) is 8.60. The van der Waals surface area contributed by atoms with Crippen molar-refractivity contribution in [2.45, 2.75) is 0 Å². The number of fused-ring (bicyclic) bond motifs is 1. The molecule has 0 atom stereocenters. The first-order valence-corrected chi connectivity index (χ1v) is 4.79. The summed E-state index contributed by atoms with van der Waals surface area (Å²) in [7, 11) is 0. The van der Waals surface area contributed by atoms with Gasteiger partial charge in [-0.25, -0.2) is 0 Å². The van der Waals surface area contributed by atoms with Gasteiger partial charge in [-0.15, -0.1) is 0 Å². The van der Waals surface area contributed by atoms with E-state index in [2.05, 4.69) is 6.58 Å². The van der Waals surface area contributed by atoms with Crippen LogP contribution < -0.4 is 10.5 Å². The summed E-state index contributed by atoms with van der Waals surface area (Å²) < 4.78 is 10.6. The Bertz CT molecular complexity index is 542. The average molecular weight is 217 g/mol. The molecule has 4 heteroatoms. The van der Waals surface area contributed by atoms with Crippen LogP contribution >= 0.6 is 0 Å². The van der Waals surface area contributed by atoms with E-state index in [0.29, 0.717) is 11.0 Å². The lowest BCUT2D eigenvalue weighted by Gasteiger charge is -1.99. The monoisotopic (exact) mass is 217 g/mol. The molecule has 0 aliphatic heterocycles. The molecule has 0 saturated heterocycles. The molecule has 0 saturated carbocycles. The Morgan fingerprint density at radius 3 is 2.94 bits per heavy atom. The normalized spacial score (nSPS) is 10.2. The number of nitrogens with two attached hydrogens (primary N) is 1. The van der Waals surface area contributed by atoms with Gasteiger partial charge in [0.15, 0.2) is 0 Å². The number of carbonyl (C=O) groups excluding carboxylic acids is 1. The Hall–Kier alpha value is -2.23. The third kappa shape index (κ3) is 1.65. The molecule has 0 fully saturated rings. The maximum atomic E-state index is 11.3. The Morgan fingerprint density at radius 1 is 1.50 bits per heavy atom. The van der Waals surface area contributed by atoms with E-state index in [0.717, 1.165) is 0 Å². The number of furan rings is 1. The molecule has 4 nitrogen and oxygen atoms in total. The van der Waals surface area contributed by atoms with Gasteiger partial charge in [-0.1, -0.05) is 30.9 Å². The number of hydrogen-bond acceptors (Lipinski definition) is 3. The van der Waals surface area contributed by atoms with Crippen LogP contribution in [0.1, 0.15) is 10.4 Å². The average Bonchev–Trinajstić information content (AvgIpc) is 2.64. The number of para-hydroxylation sites is 1. The van der Waals surface area contributed by atoms with Crippen LogP contribution in [-0.4, -0.2) is 12.5 Å². The fourth-order valence-electron chi connectivity index (χ4n) is 1.49. The summed E-state index contributed by atoms with van der Waals surface area (Å²) in [6.45, 7) is 3.79. The van der Waals surface area contributed by atoms with Gasteiger partial charge in [-0.05, 0) is 6.07 Å². The van der Waals surface area contributed by atoms with Crippen molar-refractivity contribution < 1.29 is 13.9 Å². The van der Waals surface area contributed by atoms with Gasteiger partial charge in [0.1, 0.15) is 17.8 Å². The van der Waals surface area contributed by atoms with E-state index in [4.69, 9.17) is 14.9 Å². The van der Waals surface area contributed by atoms with Gasteiger partial charge in [0, 0.05) is 5.39 Å². The molecule has 2 rings (SSSR count). The second-order valence-electron chi connectivity index (χ2n) is 3.22. The molecule has 2 N–H and O–H groups in total. The van der Waals surface area contributed by atoms with Crippen LogP contribution in [0.2, 0.25) is 0 Å². The highest BCUT2D eigenvalue weighted by molar-refractivity contribution is 6.07. The Kier molecular flexibility index (Phi) is 2.64. The fraction of sp³-hybridized carbons (Fsp3) is 0.0833. The third-order valence-corrected chi connectivity index (χ3v) is 2.14. The van der Waals surface area contributed by atoms with Gasteiger partial charge in [0.25, 0.3) is 11.9 Å². The summed E-state index contributed by atoms with van der Waals surface area (Å²) in [6.07, 6.45) is 1.57. The maximum absolute atomic E-state index is 11.3. The molecule has 2 aromatic rings. The van der Waals surface area contributed by atoms with Gasteiger partial charge >= 0.3 is 0 Å². The molecule has 0 aliphatic carbocycles. The van der Waals surface area contributed by atoms with Crippen molar-refractivity contribution in [2.24, 2.45) is 5.73 Å². The van der Waals surface area contributed by atoms with Crippen LogP contribution in [0.3, 0.4) is 0 Å². The summed E-state index contributed by atoms with van der Waals surface area (Å²) >= 11 is 0. The van der Waals surface area contributed by atoms with Gasteiger partial charge in [-0.2, -0.15) is 0 Å². The molecule has 1 heterocycles. The minimum Gasteiger partial charge on any atom is -0.460 e. The smallest absolute Gasteiger partial charge is 0.299 e. The largest absolute Gasteiger partial charge is 0.460 e. The van der Waals surface area contributed by atoms with Crippen molar-refractivity contribution >= 4 is 16.9 Å². The molecule has 1 amide bonds. The van der Waals surface area contributed by atoms with Crippen molar-refractivity contribution in [1.82, 2.24) is 0 Å². The molecular weight excluding hydrogens is 206 g/mol. The number of ether oxygens (including phenoxy) is 1. The number of benzene rings is 1. The van der Waals surface area contributed by atoms with Crippen molar-refractivity contribution in [2.75, 3.05) is 6.61 Å². The standard InChI is InChI=1S/C12H11NO3/c1-2-7-15-12-10(11(13)14)8-5-3-4-6-9(8)16-12/h2-6H,1,7H2,(H2,13,14). The van der Waals surface area contributed by atoms with Crippen molar-refractivity contribution in [3.05, 3.63) is 42.5 Å². The lowest BCUT2D eigenvalue weighted by atomic mass is 10.1. The molecule has 16 heavy (non-hydrogen) atoms. The summed E-state index contributed by atoms with van der Waals surface area (Å²) in [6, 6.07) is 7.14. The topological polar surface area (TPSA) is 65.5 Å². The van der Waals surface area contributed by atoms with Crippen LogP contribution in [0.4, 0.5) is 0 Å². The lowest BCUT2D eigenvalue weighted by Crippen LogP contribution is -2.12. The predicted octanol–water partition coefficient (Wildman–Crippen LogP) is 2.10. The second-order valence-corrected chi connectivity index (χ2v) is 3.22. The fourth-order valence-corrected chi connectivity index (χ4v) is 1.49. The second kappa shape index (κ2) is 4.10. The number of amides is 1. The maximum Gasteiger partial charge on any atom is 0.299 e. The number of hydrogen-bond donors (Lipinski definition) is 1. The van der Waals surface area contributed by atoms with Gasteiger partial charge in [-0.3, -0.25) is 4.79 Å². The Labute approximate surface area is 92.3 Å². The molecular formula is C12H11NO3. The first-order chi connectivity index (χ1) is 7.74. The highest BCUT2D eigenvalue weighted by Gasteiger charge is 2.19. The van der Waals surface area contributed by atoms with Crippen LogP contribution in [-0.2, 0) is 0 Å². The van der Waals surface area contributed by atoms with E-state index in [9.17, 15) is 4.79 Å². The van der Waals surface area contributed by atoms with Crippen molar-refractivity contribution in [1.29, 1.82) is 0 Å². The zero-order chi connectivity index (χ0) is 11.5. The van der Waals surface area contributed by atoms with E-state index < -0.39 is 5.91 Å². The van der Waals surface area contributed by atoms with E-state index in [1.54, 1.807) is 18.2 Å². The molecule has 0 spiro atoms. The highest BCUT2D eigenvalue weighted by atomic mass is 16.6. The van der Waals surface area contributed by atoms with Crippen molar-refractivity contribution in [3.8, 4) is 5.95 Å². The molecule has 1 aromatic heterocycles. The third-order valence-electron chi connectivity index (χ3n) is 2.14. The number of primary amides is 1. The summed E-state index contributed by atoms with van der Waals surface area (Å²) in [5.74, 6) is -0.419. The van der Waals surface area contributed by atoms with Crippen LogP contribution in [0.5, 0.6) is 5.95 Å². The number of rotatable bonds is 4. The van der Waals surface area contributed by atoms with Crippen LogP contribution in [0, 0.1) is 0 Å². The summed E-state index contributed by atoms with van der Waals surface area (Å²) in [5.41, 5.74) is 6.15. The molecule has 1 aromatic carbocycles. The van der Waals surface area contributed by atoms with E-state index in [1.165, 1.54) is 0 Å². The molecule has 82 valence electrons. The summed E-state index contributed by atoms with van der Waals surface area (Å²) in [4.78, 5) is 11.3. The van der Waals surface area contributed by atoms with Crippen LogP contribution in [0.15, 0.2) is 41.3 Å². The van der Waals surface area contributed by atoms with E-state index >= 15 is 0 Å².